The lowest BCUT2D eigenvalue weighted by Gasteiger charge is -2.20. The zero-order valence-electron chi connectivity index (χ0n) is 16.5. The number of aliphatic imine (C=N–C) groups is 1. The van der Waals surface area contributed by atoms with Crippen LogP contribution in [0, 0.1) is 13.8 Å². The van der Waals surface area contributed by atoms with Crippen molar-refractivity contribution >= 4 is 5.96 Å². The number of aryl methyl sites for hydroxylation is 2. The minimum atomic E-state index is 0.0883. The van der Waals surface area contributed by atoms with Gasteiger partial charge in [0.1, 0.15) is 5.75 Å². The Bertz CT molecular complexity index is 743. The van der Waals surface area contributed by atoms with Gasteiger partial charge < -0.3 is 15.4 Å². The molecule has 2 N–H and O–H groups in total. The van der Waals surface area contributed by atoms with Gasteiger partial charge in [0.2, 0.25) is 0 Å². The number of ether oxygens (including phenoxy) is 1. The van der Waals surface area contributed by atoms with E-state index in [1.54, 1.807) is 7.11 Å². The topological polar surface area (TPSA) is 58.5 Å². The highest BCUT2D eigenvalue weighted by Crippen LogP contribution is 2.25. The molecule has 140 valence electrons. The normalized spacial score (nSPS) is 12.6. The van der Waals surface area contributed by atoms with Crippen molar-refractivity contribution in [1.29, 1.82) is 0 Å². The van der Waals surface area contributed by atoms with E-state index < -0.39 is 0 Å². The van der Waals surface area contributed by atoms with Crippen molar-refractivity contribution in [2.24, 2.45) is 4.99 Å². The molecule has 0 fully saturated rings. The lowest BCUT2D eigenvalue weighted by Crippen LogP contribution is -2.39. The van der Waals surface area contributed by atoms with Gasteiger partial charge in [0.15, 0.2) is 5.96 Å². The Morgan fingerprint density at radius 1 is 1.27 bits per heavy atom. The molecule has 1 aromatic carbocycles. The second kappa shape index (κ2) is 9.80. The van der Waals surface area contributed by atoms with E-state index in [1.807, 2.05) is 18.5 Å². The standard InChI is InChI=1S/C21H30N4O/c1-6-23-21(24-12-10-18-9-11-22-14-16(18)3)25-17(4)19-13-15(2)7-8-20(19)26-5/h7-9,11,13-14,17H,6,10,12H2,1-5H3,(H2,23,24,25). The summed E-state index contributed by atoms with van der Waals surface area (Å²) in [4.78, 5) is 8.87. The van der Waals surface area contributed by atoms with Crippen LogP contribution in [0.4, 0.5) is 0 Å². The van der Waals surface area contributed by atoms with Crippen molar-refractivity contribution in [3.63, 3.8) is 0 Å². The maximum atomic E-state index is 5.51. The minimum absolute atomic E-state index is 0.0883. The molecule has 26 heavy (non-hydrogen) atoms. The van der Waals surface area contributed by atoms with Gasteiger partial charge in [-0.3, -0.25) is 9.98 Å². The van der Waals surface area contributed by atoms with E-state index in [1.165, 1.54) is 16.7 Å². The summed E-state index contributed by atoms with van der Waals surface area (Å²) in [5, 5.41) is 6.81. The smallest absolute Gasteiger partial charge is 0.191 e. The third-order valence-electron chi connectivity index (χ3n) is 4.34. The van der Waals surface area contributed by atoms with E-state index in [0.29, 0.717) is 0 Å². The number of nitrogens with one attached hydrogen (secondary N) is 2. The fourth-order valence-electron chi connectivity index (χ4n) is 2.87. The lowest BCUT2D eigenvalue weighted by atomic mass is 10.0. The molecule has 0 saturated heterocycles. The fraction of sp³-hybridized carbons (Fsp3) is 0.429. The van der Waals surface area contributed by atoms with Gasteiger partial charge in [-0.25, -0.2) is 0 Å². The summed E-state index contributed by atoms with van der Waals surface area (Å²) < 4.78 is 5.51. The molecule has 0 bridgehead atoms. The van der Waals surface area contributed by atoms with Gasteiger partial charge in [-0.15, -0.1) is 0 Å². The Morgan fingerprint density at radius 2 is 2.08 bits per heavy atom. The average molecular weight is 354 g/mol. The van der Waals surface area contributed by atoms with Crippen molar-refractivity contribution in [1.82, 2.24) is 15.6 Å². The van der Waals surface area contributed by atoms with Crippen LogP contribution in [0.25, 0.3) is 0 Å². The molecule has 1 aromatic heterocycles. The first kappa shape index (κ1) is 19.8. The van der Waals surface area contributed by atoms with Gasteiger partial charge in [0.25, 0.3) is 0 Å². The first-order valence-corrected chi connectivity index (χ1v) is 9.14. The molecule has 0 saturated carbocycles. The molecule has 1 atom stereocenters. The monoisotopic (exact) mass is 354 g/mol. The fourth-order valence-corrected chi connectivity index (χ4v) is 2.87. The number of methoxy groups -OCH3 is 1. The number of pyridine rings is 1. The molecule has 0 amide bonds. The predicted octanol–water partition coefficient (Wildman–Crippen LogP) is 3.57. The lowest BCUT2D eigenvalue weighted by molar-refractivity contribution is 0.405. The van der Waals surface area contributed by atoms with Crippen LogP contribution in [0.5, 0.6) is 5.75 Å². The predicted molar refractivity (Wildman–Crippen MR) is 108 cm³/mol. The van der Waals surface area contributed by atoms with Gasteiger partial charge in [-0.1, -0.05) is 17.7 Å². The number of aromatic nitrogens is 1. The summed E-state index contributed by atoms with van der Waals surface area (Å²) in [6.45, 7) is 9.91. The molecule has 0 aliphatic heterocycles. The van der Waals surface area contributed by atoms with Crippen LogP contribution < -0.4 is 15.4 Å². The second-order valence-corrected chi connectivity index (χ2v) is 6.42. The molecule has 1 unspecified atom stereocenters. The summed E-state index contributed by atoms with van der Waals surface area (Å²) >= 11 is 0. The van der Waals surface area contributed by atoms with Crippen molar-refractivity contribution < 1.29 is 4.74 Å². The Labute approximate surface area is 156 Å². The molecule has 0 aliphatic carbocycles. The molecular weight excluding hydrogens is 324 g/mol. The van der Waals surface area contributed by atoms with Crippen LogP contribution in [0.15, 0.2) is 41.7 Å². The number of rotatable bonds is 7. The van der Waals surface area contributed by atoms with Crippen molar-refractivity contribution in [3.8, 4) is 5.75 Å². The van der Waals surface area contributed by atoms with E-state index in [0.717, 1.165) is 36.8 Å². The Hall–Kier alpha value is -2.56. The first-order chi connectivity index (χ1) is 12.5. The summed E-state index contributed by atoms with van der Waals surface area (Å²) in [5.74, 6) is 1.70. The molecule has 5 nitrogen and oxygen atoms in total. The van der Waals surface area contributed by atoms with Gasteiger partial charge in [-0.05, 0) is 57.4 Å². The average Bonchev–Trinajstić information content (AvgIpc) is 2.63. The number of nitrogens with zero attached hydrogens (tertiary/aromatic N) is 2. The molecule has 2 aromatic rings. The first-order valence-electron chi connectivity index (χ1n) is 9.14. The van der Waals surface area contributed by atoms with Crippen molar-refractivity contribution in [2.45, 2.75) is 40.2 Å². The van der Waals surface area contributed by atoms with E-state index in [2.05, 4.69) is 61.5 Å². The Morgan fingerprint density at radius 3 is 2.77 bits per heavy atom. The van der Waals surface area contributed by atoms with E-state index in [-0.39, 0.29) is 6.04 Å². The van der Waals surface area contributed by atoms with E-state index >= 15 is 0 Å². The van der Waals surface area contributed by atoms with E-state index in [9.17, 15) is 0 Å². The number of hydrogen-bond acceptors (Lipinski definition) is 3. The Kier molecular flexibility index (Phi) is 7.45. The number of benzene rings is 1. The summed E-state index contributed by atoms with van der Waals surface area (Å²) in [7, 11) is 1.71. The zero-order chi connectivity index (χ0) is 18.9. The summed E-state index contributed by atoms with van der Waals surface area (Å²) in [6.07, 6.45) is 4.63. The molecular formula is C21H30N4O. The highest BCUT2D eigenvalue weighted by Gasteiger charge is 2.13. The van der Waals surface area contributed by atoms with Crippen LogP contribution in [0.2, 0.25) is 0 Å². The maximum absolute atomic E-state index is 5.51. The highest BCUT2D eigenvalue weighted by atomic mass is 16.5. The molecule has 0 radical (unpaired) electrons. The number of guanidine groups is 1. The van der Waals surface area contributed by atoms with Gasteiger partial charge >= 0.3 is 0 Å². The molecule has 5 heteroatoms. The molecule has 2 rings (SSSR count). The van der Waals surface area contributed by atoms with Gasteiger partial charge in [0, 0.05) is 31.0 Å². The zero-order valence-corrected chi connectivity index (χ0v) is 16.5. The molecule has 1 heterocycles. The summed E-state index contributed by atoms with van der Waals surface area (Å²) in [6, 6.07) is 8.38. The molecule has 0 aliphatic rings. The quantitative estimate of drug-likeness (QED) is 0.589. The van der Waals surface area contributed by atoms with E-state index in [4.69, 9.17) is 9.73 Å². The van der Waals surface area contributed by atoms with Crippen LogP contribution in [-0.4, -0.2) is 31.1 Å². The van der Waals surface area contributed by atoms with Crippen molar-refractivity contribution in [3.05, 3.63) is 58.9 Å². The third kappa shape index (κ3) is 5.48. The third-order valence-corrected chi connectivity index (χ3v) is 4.34. The van der Waals surface area contributed by atoms with Crippen molar-refractivity contribution in [2.75, 3.05) is 20.2 Å². The van der Waals surface area contributed by atoms with Crippen LogP contribution >= 0.6 is 0 Å². The highest BCUT2D eigenvalue weighted by molar-refractivity contribution is 5.80. The van der Waals surface area contributed by atoms with Gasteiger partial charge in [0.05, 0.1) is 13.2 Å². The molecule has 0 spiro atoms. The SMILES string of the molecule is CCNC(=NCCc1ccncc1C)NC(C)c1cc(C)ccc1OC. The van der Waals surface area contributed by atoms with Crippen LogP contribution in [0.3, 0.4) is 0 Å². The maximum Gasteiger partial charge on any atom is 0.191 e. The largest absolute Gasteiger partial charge is 0.496 e. The van der Waals surface area contributed by atoms with Gasteiger partial charge in [-0.2, -0.15) is 0 Å². The summed E-state index contributed by atoms with van der Waals surface area (Å²) in [5.41, 5.74) is 4.83. The van der Waals surface area contributed by atoms with Crippen LogP contribution in [-0.2, 0) is 6.42 Å². The second-order valence-electron chi connectivity index (χ2n) is 6.42. The Balaban J connectivity index is 2.07. The minimum Gasteiger partial charge on any atom is -0.496 e. The van der Waals surface area contributed by atoms with Crippen LogP contribution in [0.1, 0.15) is 42.1 Å². The number of hydrogen-bond donors (Lipinski definition) is 2.